The molecule has 1 unspecified atom stereocenters. The molecule has 0 heterocycles. The normalized spacial score (nSPS) is 11.0. The summed E-state index contributed by atoms with van der Waals surface area (Å²) >= 11 is 0. The van der Waals surface area contributed by atoms with Crippen LogP contribution in [0, 0.1) is 6.07 Å². The molecule has 0 amide bonds. The van der Waals surface area contributed by atoms with Gasteiger partial charge in [-0.25, -0.2) is 0 Å². The third-order valence-electron chi connectivity index (χ3n) is 1.58. The molecular weight excluding hydrogens is 151 g/mol. The van der Waals surface area contributed by atoms with Crippen molar-refractivity contribution in [1.82, 2.24) is 0 Å². The van der Waals surface area contributed by atoms with E-state index in [2.05, 4.69) is 25.1 Å². The predicted molar refractivity (Wildman–Crippen MR) is 53.0 cm³/mol. The zero-order valence-corrected chi connectivity index (χ0v) is 7.93. The highest BCUT2D eigenvalue weighted by molar-refractivity contribution is 7.47. The molecular formula is C10H14P. The molecule has 1 aromatic rings. The summed E-state index contributed by atoms with van der Waals surface area (Å²) in [7, 11) is 0.991. The van der Waals surface area contributed by atoms with Gasteiger partial charge in [0.25, 0.3) is 0 Å². The van der Waals surface area contributed by atoms with E-state index in [1.807, 2.05) is 12.1 Å². The molecule has 1 aromatic carbocycles. The summed E-state index contributed by atoms with van der Waals surface area (Å²) in [6.45, 7) is 2.24. The van der Waals surface area contributed by atoms with Gasteiger partial charge in [-0.3, -0.25) is 0 Å². The van der Waals surface area contributed by atoms with Gasteiger partial charge in [-0.05, 0) is 24.0 Å². The summed E-state index contributed by atoms with van der Waals surface area (Å²) in [5, 5.41) is 1.47. The van der Waals surface area contributed by atoms with E-state index in [1.54, 1.807) is 0 Å². The molecule has 0 spiro atoms. The quantitative estimate of drug-likeness (QED) is 0.475. The molecule has 1 atom stereocenters. The van der Waals surface area contributed by atoms with E-state index in [9.17, 15) is 0 Å². The highest BCUT2D eigenvalue weighted by Gasteiger charge is 1.89. The number of hydrogen-bond donors (Lipinski definition) is 0. The van der Waals surface area contributed by atoms with Crippen LogP contribution >= 0.6 is 8.58 Å². The SMILES string of the molecule is CCCCPc1cc[c]cc1. The van der Waals surface area contributed by atoms with E-state index in [4.69, 9.17) is 0 Å². The molecule has 11 heavy (non-hydrogen) atoms. The molecule has 0 saturated carbocycles. The van der Waals surface area contributed by atoms with Crippen molar-refractivity contribution in [3.05, 3.63) is 30.3 Å². The van der Waals surface area contributed by atoms with Crippen molar-refractivity contribution in [3.63, 3.8) is 0 Å². The average Bonchev–Trinajstić information content (AvgIpc) is 2.07. The standard InChI is InChI=1S/C10H14P/c1-2-3-9-11-10-7-5-4-6-8-10/h5-8,11H,2-3,9H2,1H3. The molecule has 1 heteroatoms. The Morgan fingerprint density at radius 3 is 2.73 bits per heavy atom. The fourth-order valence-electron chi connectivity index (χ4n) is 0.914. The van der Waals surface area contributed by atoms with Gasteiger partial charge in [0.15, 0.2) is 0 Å². The molecule has 1 rings (SSSR count). The van der Waals surface area contributed by atoms with E-state index in [-0.39, 0.29) is 0 Å². The van der Waals surface area contributed by atoms with Gasteiger partial charge in [0.1, 0.15) is 0 Å². The Bertz CT molecular complexity index is 181. The first-order chi connectivity index (χ1) is 5.43. The zero-order valence-electron chi connectivity index (χ0n) is 6.93. The third-order valence-corrected chi connectivity index (χ3v) is 2.92. The van der Waals surface area contributed by atoms with Crippen molar-refractivity contribution >= 4 is 13.9 Å². The van der Waals surface area contributed by atoms with Crippen LogP contribution < -0.4 is 5.30 Å². The van der Waals surface area contributed by atoms with Crippen molar-refractivity contribution in [1.29, 1.82) is 0 Å². The fraction of sp³-hybridized carbons (Fsp3) is 0.400. The number of hydrogen-bond acceptors (Lipinski definition) is 0. The summed E-state index contributed by atoms with van der Waals surface area (Å²) < 4.78 is 0. The predicted octanol–water partition coefficient (Wildman–Crippen LogP) is 2.59. The Kier molecular flexibility index (Phi) is 4.23. The molecule has 0 aliphatic rings. The van der Waals surface area contributed by atoms with E-state index < -0.39 is 0 Å². The van der Waals surface area contributed by atoms with Crippen LogP contribution in [0.15, 0.2) is 24.3 Å². The molecule has 0 aliphatic carbocycles. The van der Waals surface area contributed by atoms with Crippen molar-refractivity contribution in [3.8, 4) is 0 Å². The van der Waals surface area contributed by atoms with E-state index in [1.165, 1.54) is 24.3 Å². The lowest BCUT2D eigenvalue weighted by atomic mass is 10.4. The number of rotatable bonds is 4. The van der Waals surface area contributed by atoms with Crippen LogP contribution in [0.25, 0.3) is 0 Å². The van der Waals surface area contributed by atoms with Crippen LogP contribution in [0.2, 0.25) is 0 Å². The lowest BCUT2D eigenvalue weighted by Crippen LogP contribution is -1.92. The van der Waals surface area contributed by atoms with Crippen LogP contribution in [0.4, 0.5) is 0 Å². The lowest BCUT2D eigenvalue weighted by Gasteiger charge is -1.98. The zero-order chi connectivity index (χ0) is 7.94. The van der Waals surface area contributed by atoms with E-state index in [0.717, 1.165) is 8.58 Å². The molecule has 0 nitrogen and oxygen atoms in total. The minimum atomic E-state index is 0.991. The molecule has 0 fully saturated rings. The van der Waals surface area contributed by atoms with E-state index >= 15 is 0 Å². The summed E-state index contributed by atoms with van der Waals surface area (Å²) in [5.74, 6) is 0. The monoisotopic (exact) mass is 165 g/mol. The maximum absolute atomic E-state index is 3.03. The highest BCUT2D eigenvalue weighted by Crippen LogP contribution is 2.11. The van der Waals surface area contributed by atoms with Crippen molar-refractivity contribution in [2.75, 3.05) is 6.16 Å². The van der Waals surface area contributed by atoms with E-state index in [0.29, 0.717) is 0 Å². The van der Waals surface area contributed by atoms with Crippen molar-refractivity contribution in [2.45, 2.75) is 19.8 Å². The second-order valence-corrected chi connectivity index (χ2v) is 4.00. The smallest absolute Gasteiger partial charge is 0.0184 e. The van der Waals surface area contributed by atoms with Crippen molar-refractivity contribution in [2.24, 2.45) is 0 Å². The Morgan fingerprint density at radius 1 is 1.36 bits per heavy atom. The van der Waals surface area contributed by atoms with Gasteiger partial charge in [-0.15, -0.1) is 0 Å². The number of benzene rings is 1. The topological polar surface area (TPSA) is 0 Å². The Balaban J connectivity index is 2.28. The molecule has 0 bridgehead atoms. The first-order valence-corrected chi connectivity index (χ1v) is 5.34. The van der Waals surface area contributed by atoms with Gasteiger partial charge in [-0.2, -0.15) is 0 Å². The van der Waals surface area contributed by atoms with Crippen molar-refractivity contribution < 1.29 is 0 Å². The summed E-state index contributed by atoms with van der Waals surface area (Å²) in [4.78, 5) is 0. The maximum Gasteiger partial charge on any atom is -0.0184 e. The molecule has 0 N–H and O–H groups in total. The second kappa shape index (κ2) is 5.32. The summed E-state index contributed by atoms with van der Waals surface area (Å²) in [6.07, 6.45) is 4.02. The minimum absolute atomic E-state index is 0.991. The van der Waals surface area contributed by atoms with Gasteiger partial charge < -0.3 is 0 Å². The van der Waals surface area contributed by atoms with Crippen LogP contribution in [0.1, 0.15) is 19.8 Å². The minimum Gasteiger partial charge on any atom is -0.0904 e. The molecule has 1 radical (unpaired) electrons. The van der Waals surface area contributed by atoms with Gasteiger partial charge in [0.05, 0.1) is 0 Å². The summed E-state index contributed by atoms with van der Waals surface area (Å²) in [5.41, 5.74) is 0. The average molecular weight is 165 g/mol. The van der Waals surface area contributed by atoms with Gasteiger partial charge in [-0.1, -0.05) is 46.2 Å². The number of unbranched alkanes of at least 4 members (excludes halogenated alkanes) is 1. The Morgan fingerprint density at radius 2 is 2.09 bits per heavy atom. The van der Waals surface area contributed by atoms with Gasteiger partial charge in [0, 0.05) is 0 Å². The molecule has 0 aliphatic heterocycles. The third kappa shape index (κ3) is 3.53. The maximum atomic E-state index is 3.03. The Hall–Kier alpha value is -0.350. The van der Waals surface area contributed by atoms with Gasteiger partial charge >= 0.3 is 0 Å². The highest BCUT2D eigenvalue weighted by atomic mass is 31.1. The van der Waals surface area contributed by atoms with Crippen LogP contribution in [-0.2, 0) is 0 Å². The van der Waals surface area contributed by atoms with Gasteiger partial charge in [0.2, 0.25) is 0 Å². The van der Waals surface area contributed by atoms with Crippen LogP contribution in [-0.4, -0.2) is 6.16 Å². The Labute approximate surface area is 70.8 Å². The molecule has 0 aromatic heterocycles. The lowest BCUT2D eigenvalue weighted by molar-refractivity contribution is 0.895. The largest absolute Gasteiger partial charge is 0.0904 e. The first-order valence-electron chi connectivity index (χ1n) is 4.13. The van der Waals surface area contributed by atoms with Crippen LogP contribution in [0.5, 0.6) is 0 Å². The second-order valence-electron chi connectivity index (χ2n) is 2.57. The van der Waals surface area contributed by atoms with Crippen LogP contribution in [0.3, 0.4) is 0 Å². The molecule has 0 saturated heterocycles. The molecule has 59 valence electrons. The first kappa shape index (κ1) is 8.74. The fourth-order valence-corrected chi connectivity index (χ4v) is 2.14. The summed E-state index contributed by atoms with van der Waals surface area (Å²) in [6, 6.07) is 11.3.